The predicted octanol–water partition coefficient (Wildman–Crippen LogP) is 3.89. The number of H-pyrrole nitrogens is 1. The maximum Gasteiger partial charge on any atom is 0.278 e. The highest BCUT2D eigenvalue weighted by molar-refractivity contribution is 7.99. The Morgan fingerprint density at radius 3 is 2.89 bits per heavy atom. The lowest BCUT2D eigenvalue weighted by molar-refractivity contribution is -0.132. The van der Waals surface area contributed by atoms with Gasteiger partial charge in [0.05, 0.1) is 11.3 Å². The molecule has 1 amide bonds. The quantitative estimate of drug-likeness (QED) is 0.600. The van der Waals surface area contributed by atoms with Crippen molar-refractivity contribution in [3.05, 3.63) is 22.1 Å². The first kappa shape index (κ1) is 20.0. The Hall–Kier alpha value is -1.76. The van der Waals surface area contributed by atoms with Crippen molar-refractivity contribution in [2.24, 2.45) is 0 Å². The number of piperidine rings is 1. The van der Waals surface area contributed by atoms with Crippen LogP contribution in [0, 0.1) is 6.92 Å². The summed E-state index contributed by atoms with van der Waals surface area (Å²) in [5.41, 5.74) is 2.09. The molecular weight excluding hydrogens is 360 g/mol. The number of thioether (sulfide) groups is 1. The third kappa shape index (κ3) is 4.08. The van der Waals surface area contributed by atoms with E-state index in [1.165, 1.54) is 18.2 Å². The average Bonchev–Trinajstić information content (AvgIpc) is 3.06. The number of fused-ring (bicyclic) bond motifs is 1. The molecule has 3 rings (SSSR count). The largest absolute Gasteiger partial charge is 0.353 e. The zero-order chi connectivity index (χ0) is 19.6. The number of likely N-dealkylation sites (tertiary alicyclic amines) is 1. The Balaban J connectivity index is 1.87. The molecule has 0 bridgehead atoms. The molecule has 1 saturated heterocycles. The second-order valence-corrected chi connectivity index (χ2v) is 8.42. The van der Waals surface area contributed by atoms with E-state index in [-0.39, 0.29) is 17.5 Å². The molecule has 0 spiro atoms. The summed E-state index contributed by atoms with van der Waals surface area (Å²) in [5.74, 6) is 0.482. The number of carbonyl (C=O) groups is 1. The van der Waals surface area contributed by atoms with Gasteiger partial charge in [-0.05, 0) is 52.0 Å². The average molecular weight is 391 g/mol. The smallest absolute Gasteiger partial charge is 0.278 e. The Kier molecular flexibility index (Phi) is 6.29. The van der Waals surface area contributed by atoms with Crippen molar-refractivity contribution in [2.75, 3.05) is 12.3 Å². The number of carbonyl (C=O) groups excluding carboxylic acids is 1. The number of amides is 1. The van der Waals surface area contributed by atoms with Gasteiger partial charge in [-0.3, -0.25) is 14.2 Å². The molecule has 1 N–H and O–H groups in total. The molecule has 7 heteroatoms. The molecule has 0 unspecified atom stereocenters. The van der Waals surface area contributed by atoms with Crippen LogP contribution in [0.15, 0.2) is 16.0 Å². The predicted molar refractivity (Wildman–Crippen MR) is 110 cm³/mol. The minimum Gasteiger partial charge on any atom is -0.353 e. The molecule has 1 aliphatic rings. The summed E-state index contributed by atoms with van der Waals surface area (Å²) in [6.45, 7) is 8.99. The molecule has 1 fully saturated rings. The summed E-state index contributed by atoms with van der Waals surface area (Å²) < 4.78 is 1.74. The van der Waals surface area contributed by atoms with Crippen molar-refractivity contribution in [3.63, 3.8) is 0 Å². The minimum absolute atomic E-state index is 0.0361. The van der Waals surface area contributed by atoms with Crippen LogP contribution in [0.3, 0.4) is 0 Å². The Morgan fingerprint density at radius 2 is 2.19 bits per heavy atom. The topological polar surface area (TPSA) is 71.0 Å². The van der Waals surface area contributed by atoms with E-state index in [1.54, 1.807) is 4.57 Å². The van der Waals surface area contributed by atoms with Gasteiger partial charge in [-0.15, -0.1) is 0 Å². The molecule has 6 nitrogen and oxygen atoms in total. The Morgan fingerprint density at radius 1 is 1.41 bits per heavy atom. The van der Waals surface area contributed by atoms with Crippen LogP contribution >= 0.6 is 11.8 Å². The molecule has 1 aliphatic heterocycles. The van der Waals surface area contributed by atoms with Gasteiger partial charge in [-0.25, -0.2) is 4.98 Å². The first-order valence-electron chi connectivity index (χ1n) is 10.00. The lowest BCUT2D eigenvalue weighted by Gasteiger charge is -2.35. The first-order chi connectivity index (χ1) is 13.0. The fraction of sp³-hybridized carbons (Fsp3) is 0.650. The molecule has 2 aromatic heterocycles. The zero-order valence-electron chi connectivity index (χ0n) is 16.7. The van der Waals surface area contributed by atoms with Crippen molar-refractivity contribution in [1.82, 2.24) is 19.4 Å². The SMILES string of the molecule is CC[C@@H]1CCCCN1C(=O)CSc1nc2cc(C)[nH]c2c(=O)n1[C@@H](C)CC. The lowest BCUT2D eigenvalue weighted by Crippen LogP contribution is -2.44. The molecule has 27 heavy (non-hydrogen) atoms. The molecule has 0 saturated carbocycles. The molecule has 0 aromatic carbocycles. The van der Waals surface area contributed by atoms with Crippen LogP contribution in [-0.4, -0.2) is 43.7 Å². The monoisotopic (exact) mass is 390 g/mol. The van der Waals surface area contributed by atoms with Crippen LogP contribution in [0.25, 0.3) is 11.0 Å². The van der Waals surface area contributed by atoms with Gasteiger partial charge in [0.25, 0.3) is 5.56 Å². The van der Waals surface area contributed by atoms with Gasteiger partial charge in [0.1, 0.15) is 5.52 Å². The van der Waals surface area contributed by atoms with Gasteiger partial charge in [0, 0.05) is 24.3 Å². The van der Waals surface area contributed by atoms with Gasteiger partial charge < -0.3 is 9.88 Å². The van der Waals surface area contributed by atoms with E-state index in [2.05, 4.69) is 18.8 Å². The summed E-state index contributed by atoms with van der Waals surface area (Å²) in [7, 11) is 0. The minimum atomic E-state index is -0.0539. The molecular formula is C20H30N4O2S. The van der Waals surface area contributed by atoms with Crippen LogP contribution in [0.1, 0.15) is 64.6 Å². The number of nitrogens with zero attached hydrogens (tertiary/aromatic N) is 3. The van der Waals surface area contributed by atoms with E-state index in [4.69, 9.17) is 4.98 Å². The fourth-order valence-corrected chi connectivity index (χ4v) is 4.81. The van der Waals surface area contributed by atoms with Crippen LogP contribution in [0.2, 0.25) is 0 Å². The van der Waals surface area contributed by atoms with Crippen LogP contribution in [0.5, 0.6) is 0 Å². The summed E-state index contributed by atoms with van der Waals surface area (Å²) in [6.07, 6.45) is 5.21. The van der Waals surface area contributed by atoms with Crippen molar-refractivity contribution in [2.45, 2.75) is 77.0 Å². The Bertz CT molecular complexity index is 873. The normalized spacial score (nSPS) is 18.8. The van der Waals surface area contributed by atoms with Gasteiger partial charge in [0.15, 0.2) is 5.16 Å². The third-order valence-corrected chi connectivity index (χ3v) is 6.50. The van der Waals surface area contributed by atoms with E-state index in [1.807, 2.05) is 24.8 Å². The number of aromatic amines is 1. The maximum absolute atomic E-state index is 13.0. The van der Waals surface area contributed by atoms with E-state index in [0.717, 1.165) is 37.9 Å². The molecule has 0 aliphatic carbocycles. The van der Waals surface area contributed by atoms with Gasteiger partial charge >= 0.3 is 0 Å². The van der Waals surface area contributed by atoms with Crippen LogP contribution in [-0.2, 0) is 4.79 Å². The number of hydrogen-bond acceptors (Lipinski definition) is 4. The standard InChI is InChI=1S/C20H30N4O2S/c1-5-14(4)24-19(26)18-16(11-13(3)21-18)22-20(24)27-12-17(25)23-10-8-7-9-15(23)6-2/h11,14-15,21H,5-10,12H2,1-4H3/t14-,15+/m0/s1. The van der Waals surface area contributed by atoms with Crippen LogP contribution in [0.4, 0.5) is 0 Å². The molecule has 2 atom stereocenters. The summed E-state index contributed by atoms with van der Waals surface area (Å²) in [4.78, 5) is 35.7. The summed E-state index contributed by atoms with van der Waals surface area (Å²) in [5, 5.41) is 0.638. The number of aryl methyl sites for hydroxylation is 1. The van der Waals surface area contributed by atoms with Gasteiger partial charge in [0.2, 0.25) is 5.91 Å². The van der Waals surface area contributed by atoms with Gasteiger partial charge in [-0.1, -0.05) is 25.6 Å². The number of hydrogen-bond donors (Lipinski definition) is 1. The molecule has 0 radical (unpaired) electrons. The van der Waals surface area contributed by atoms with E-state index < -0.39 is 0 Å². The molecule has 148 valence electrons. The molecule has 2 aromatic rings. The van der Waals surface area contributed by atoms with Gasteiger partial charge in [-0.2, -0.15) is 0 Å². The number of rotatable bonds is 6. The fourth-order valence-electron chi connectivity index (χ4n) is 3.83. The van der Waals surface area contributed by atoms with Crippen molar-refractivity contribution < 1.29 is 4.79 Å². The second-order valence-electron chi connectivity index (χ2n) is 7.47. The summed E-state index contributed by atoms with van der Waals surface area (Å²) in [6, 6.07) is 2.28. The highest BCUT2D eigenvalue weighted by Crippen LogP contribution is 2.25. The van der Waals surface area contributed by atoms with E-state index in [0.29, 0.717) is 28.0 Å². The highest BCUT2D eigenvalue weighted by Gasteiger charge is 2.26. The summed E-state index contributed by atoms with van der Waals surface area (Å²) >= 11 is 1.39. The van der Waals surface area contributed by atoms with E-state index >= 15 is 0 Å². The molecule has 3 heterocycles. The first-order valence-corrected chi connectivity index (χ1v) is 11.0. The maximum atomic E-state index is 13.0. The van der Waals surface area contributed by atoms with E-state index in [9.17, 15) is 9.59 Å². The van der Waals surface area contributed by atoms with Crippen molar-refractivity contribution in [1.29, 1.82) is 0 Å². The number of aromatic nitrogens is 3. The zero-order valence-corrected chi connectivity index (χ0v) is 17.6. The second kappa shape index (κ2) is 8.50. The van der Waals surface area contributed by atoms with Crippen molar-refractivity contribution in [3.8, 4) is 0 Å². The lowest BCUT2D eigenvalue weighted by atomic mass is 10.0. The van der Waals surface area contributed by atoms with Crippen molar-refractivity contribution >= 4 is 28.7 Å². The highest BCUT2D eigenvalue weighted by atomic mass is 32.2. The number of nitrogens with one attached hydrogen (secondary N) is 1. The Labute approximate surface area is 164 Å². The third-order valence-electron chi connectivity index (χ3n) is 5.56. The van der Waals surface area contributed by atoms with Crippen LogP contribution < -0.4 is 5.56 Å².